The van der Waals surface area contributed by atoms with Crippen molar-refractivity contribution in [3.05, 3.63) is 77.5 Å². The molecule has 112 valence electrons. The third kappa shape index (κ3) is 3.83. The second-order valence-electron chi connectivity index (χ2n) is 4.37. The average Bonchev–Trinajstić information content (AvgIpc) is 2.59. The van der Waals surface area contributed by atoms with E-state index in [0.29, 0.717) is 10.0 Å². The Labute approximate surface area is 136 Å². The minimum atomic E-state index is -0.625. The molecule has 0 bridgehead atoms. The van der Waals surface area contributed by atoms with Crippen molar-refractivity contribution < 1.29 is 14.3 Å². The summed E-state index contributed by atoms with van der Waals surface area (Å²) in [4.78, 5) is 24.2. The third-order valence-electron chi connectivity index (χ3n) is 2.91. The van der Waals surface area contributed by atoms with Gasteiger partial charge in [-0.25, -0.2) is 4.79 Å². The van der Waals surface area contributed by atoms with Gasteiger partial charge in [0.2, 0.25) is 0 Å². The molecule has 1 N–H and O–H groups in total. The summed E-state index contributed by atoms with van der Waals surface area (Å²) in [5, 5.41) is 2.60. The van der Waals surface area contributed by atoms with Crippen LogP contribution in [0.2, 0.25) is 0 Å². The van der Waals surface area contributed by atoms with Crippen LogP contribution >= 0.6 is 15.9 Å². The summed E-state index contributed by atoms with van der Waals surface area (Å²) in [5.74, 6) is -1.01. The van der Waals surface area contributed by atoms with Gasteiger partial charge in [0.1, 0.15) is 5.70 Å². The summed E-state index contributed by atoms with van der Waals surface area (Å²) in [6.07, 6.45) is 0. The van der Waals surface area contributed by atoms with Crippen molar-refractivity contribution in [2.45, 2.75) is 0 Å². The molecule has 22 heavy (non-hydrogen) atoms. The molecule has 0 radical (unpaired) electrons. The maximum atomic E-state index is 12.2. The minimum absolute atomic E-state index is 0.0579. The highest BCUT2D eigenvalue weighted by Gasteiger charge is 2.19. The highest BCUT2D eigenvalue weighted by atomic mass is 79.9. The average molecular weight is 360 g/mol. The topological polar surface area (TPSA) is 55.4 Å². The molecule has 0 atom stereocenters. The Kier molecular flexibility index (Phi) is 5.49. The summed E-state index contributed by atoms with van der Waals surface area (Å²) in [7, 11) is 1.27. The summed E-state index contributed by atoms with van der Waals surface area (Å²) in [6.45, 7) is 0. The smallest absolute Gasteiger partial charge is 0.355 e. The van der Waals surface area contributed by atoms with Gasteiger partial charge in [-0.3, -0.25) is 4.79 Å². The van der Waals surface area contributed by atoms with Gasteiger partial charge >= 0.3 is 5.97 Å². The molecule has 0 unspecified atom stereocenters. The van der Waals surface area contributed by atoms with E-state index in [1.165, 1.54) is 7.11 Å². The van der Waals surface area contributed by atoms with E-state index < -0.39 is 5.97 Å². The van der Waals surface area contributed by atoms with Crippen LogP contribution in [-0.4, -0.2) is 19.0 Å². The fraction of sp³-hybridized carbons (Fsp3) is 0.0588. The minimum Gasteiger partial charge on any atom is -0.464 e. The zero-order valence-electron chi connectivity index (χ0n) is 11.9. The van der Waals surface area contributed by atoms with Gasteiger partial charge in [-0.1, -0.05) is 48.5 Å². The first-order chi connectivity index (χ1) is 10.6. The summed E-state index contributed by atoms with van der Waals surface area (Å²) < 4.78 is 5.21. The molecule has 4 nitrogen and oxygen atoms in total. The van der Waals surface area contributed by atoms with Crippen LogP contribution in [-0.2, 0) is 9.53 Å². The molecule has 0 saturated heterocycles. The van der Waals surface area contributed by atoms with Crippen LogP contribution in [0.15, 0.2) is 66.4 Å². The van der Waals surface area contributed by atoms with Crippen molar-refractivity contribution in [2.75, 3.05) is 7.11 Å². The first-order valence-corrected chi connectivity index (χ1v) is 7.32. The van der Waals surface area contributed by atoms with E-state index in [-0.39, 0.29) is 11.6 Å². The molecular formula is C17H14BrNO3. The number of nitrogens with one attached hydrogen (secondary N) is 1. The number of ether oxygens (including phenoxy) is 1. The van der Waals surface area contributed by atoms with E-state index in [4.69, 9.17) is 4.74 Å². The number of rotatable bonds is 4. The molecule has 5 heteroatoms. The molecule has 2 aromatic carbocycles. The van der Waals surface area contributed by atoms with Crippen molar-refractivity contribution in [1.29, 1.82) is 0 Å². The van der Waals surface area contributed by atoms with E-state index in [9.17, 15) is 9.59 Å². The molecule has 0 aliphatic carbocycles. The van der Waals surface area contributed by atoms with Gasteiger partial charge in [0, 0.05) is 5.56 Å². The van der Waals surface area contributed by atoms with Crippen molar-refractivity contribution in [1.82, 2.24) is 5.32 Å². The number of carbonyl (C=O) groups is 2. The van der Waals surface area contributed by atoms with Crippen molar-refractivity contribution in [3.63, 3.8) is 0 Å². The largest absolute Gasteiger partial charge is 0.464 e. The second-order valence-corrected chi connectivity index (χ2v) is 5.16. The number of carbonyl (C=O) groups excluding carboxylic acids is 2. The van der Waals surface area contributed by atoms with Crippen LogP contribution in [0.4, 0.5) is 0 Å². The van der Waals surface area contributed by atoms with Gasteiger partial charge in [0.25, 0.3) is 5.91 Å². The summed E-state index contributed by atoms with van der Waals surface area (Å²) in [5.41, 5.74) is 1.27. The van der Waals surface area contributed by atoms with Crippen LogP contribution in [0.3, 0.4) is 0 Å². The Balaban J connectivity index is 2.35. The molecule has 2 rings (SSSR count). The van der Waals surface area contributed by atoms with E-state index >= 15 is 0 Å². The molecule has 0 saturated carbocycles. The Morgan fingerprint density at radius 2 is 1.41 bits per heavy atom. The van der Waals surface area contributed by atoms with E-state index in [1.807, 2.05) is 36.4 Å². The number of benzene rings is 2. The molecular weight excluding hydrogens is 346 g/mol. The molecule has 0 aromatic heterocycles. The first kappa shape index (κ1) is 16.0. The van der Waals surface area contributed by atoms with Crippen molar-refractivity contribution >= 4 is 32.3 Å². The van der Waals surface area contributed by atoms with Crippen LogP contribution in [0, 0.1) is 0 Å². The monoisotopic (exact) mass is 359 g/mol. The number of methoxy groups -OCH3 is 1. The second kappa shape index (κ2) is 7.56. The van der Waals surface area contributed by atoms with Crippen LogP contribution in [0.5, 0.6) is 0 Å². The maximum Gasteiger partial charge on any atom is 0.355 e. The summed E-state index contributed by atoms with van der Waals surface area (Å²) >= 11 is 3.36. The number of esters is 1. The molecule has 0 spiro atoms. The fourth-order valence-electron chi connectivity index (χ4n) is 1.80. The van der Waals surface area contributed by atoms with Gasteiger partial charge in [-0.05, 0) is 33.6 Å². The quantitative estimate of drug-likeness (QED) is 0.672. The lowest BCUT2D eigenvalue weighted by atomic mass is 10.1. The zero-order chi connectivity index (χ0) is 15.9. The standard InChI is InChI=1S/C17H14BrNO3/c1-22-17(21)15(14(18)12-8-4-2-5-9-12)19-16(20)13-10-6-3-7-11-13/h2-11H,1H3,(H,19,20)/b15-14-. The Hall–Kier alpha value is -2.40. The van der Waals surface area contributed by atoms with E-state index in [2.05, 4.69) is 21.2 Å². The van der Waals surface area contributed by atoms with Gasteiger partial charge in [-0.2, -0.15) is 0 Å². The van der Waals surface area contributed by atoms with Crippen molar-refractivity contribution in [2.24, 2.45) is 0 Å². The molecule has 0 heterocycles. The number of amides is 1. The lowest BCUT2D eigenvalue weighted by molar-refractivity contribution is -0.136. The van der Waals surface area contributed by atoms with E-state index in [1.54, 1.807) is 24.3 Å². The molecule has 0 aliphatic heterocycles. The van der Waals surface area contributed by atoms with Gasteiger partial charge < -0.3 is 10.1 Å². The normalized spacial score (nSPS) is 11.4. The highest BCUT2D eigenvalue weighted by Crippen LogP contribution is 2.24. The van der Waals surface area contributed by atoms with Crippen LogP contribution < -0.4 is 5.32 Å². The Morgan fingerprint density at radius 1 is 0.909 bits per heavy atom. The molecule has 0 aliphatic rings. The van der Waals surface area contributed by atoms with Crippen molar-refractivity contribution in [3.8, 4) is 0 Å². The van der Waals surface area contributed by atoms with E-state index in [0.717, 1.165) is 5.56 Å². The summed E-state index contributed by atoms with van der Waals surface area (Å²) in [6, 6.07) is 17.8. The van der Waals surface area contributed by atoms with Gasteiger partial charge in [-0.15, -0.1) is 0 Å². The SMILES string of the molecule is COC(=O)/C(NC(=O)c1ccccc1)=C(/Br)c1ccccc1. The maximum absolute atomic E-state index is 12.2. The predicted molar refractivity (Wildman–Crippen MR) is 88.2 cm³/mol. The zero-order valence-corrected chi connectivity index (χ0v) is 13.5. The third-order valence-corrected chi connectivity index (χ3v) is 3.77. The molecule has 1 amide bonds. The highest BCUT2D eigenvalue weighted by molar-refractivity contribution is 9.15. The molecule has 2 aromatic rings. The number of hydrogen-bond donors (Lipinski definition) is 1. The first-order valence-electron chi connectivity index (χ1n) is 6.53. The van der Waals surface area contributed by atoms with Crippen LogP contribution in [0.25, 0.3) is 4.48 Å². The Bertz CT molecular complexity index is 696. The lowest BCUT2D eigenvalue weighted by Gasteiger charge is -2.11. The predicted octanol–water partition coefficient (Wildman–Crippen LogP) is 3.35. The Morgan fingerprint density at radius 3 is 1.91 bits per heavy atom. The lowest BCUT2D eigenvalue weighted by Crippen LogP contribution is -2.28. The van der Waals surface area contributed by atoms with Gasteiger partial charge in [0.15, 0.2) is 0 Å². The molecule has 0 fully saturated rings. The van der Waals surface area contributed by atoms with Gasteiger partial charge in [0.05, 0.1) is 11.6 Å². The number of halogens is 1. The number of hydrogen-bond acceptors (Lipinski definition) is 3. The van der Waals surface area contributed by atoms with Crippen LogP contribution in [0.1, 0.15) is 15.9 Å². The fourth-order valence-corrected chi connectivity index (χ4v) is 2.33.